The quantitative estimate of drug-likeness (QED) is 0.686. The molecule has 1 aliphatic heterocycles. The van der Waals surface area contributed by atoms with E-state index in [4.69, 9.17) is 15.1 Å². The van der Waals surface area contributed by atoms with Crippen molar-refractivity contribution in [3.05, 3.63) is 66.8 Å². The van der Waals surface area contributed by atoms with Crippen LogP contribution in [0, 0.1) is 11.3 Å². The number of hydrogen-bond acceptors (Lipinski definition) is 7. The Labute approximate surface area is 174 Å². The summed E-state index contributed by atoms with van der Waals surface area (Å²) >= 11 is 0. The number of anilines is 1. The van der Waals surface area contributed by atoms with Crippen molar-refractivity contribution in [2.45, 2.75) is 25.4 Å². The van der Waals surface area contributed by atoms with Crippen LogP contribution in [0.25, 0.3) is 11.1 Å². The van der Waals surface area contributed by atoms with Gasteiger partial charge in [-0.15, -0.1) is 0 Å². The van der Waals surface area contributed by atoms with Gasteiger partial charge in [-0.2, -0.15) is 5.26 Å². The Bertz CT molecular complexity index is 949. The molecule has 1 aromatic carbocycles. The van der Waals surface area contributed by atoms with E-state index in [1.165, 1.54) is 11.2 Å². The number of carbonyl (C=O) groups excluding carboxylic acids is 1. The van der Waals surface area contributed by atoms with Gasteiger partial charge in [-0.3, -0.25) is 9.88 Å². The number of amides is 1. The number of benzene rings is 1. The summed E-state index contributed by atoms with van der Waals surface area (Å²) in [5, 5.41) is 21.6. The van der Waals surface area contributed by atoms with Crippen LogP contribution < -0.4 is 4.90 Å². The zero-order valence-corrected chi connectivity index (χ0v) is 16.5. The number of aliphatic hydroxyl groups excluding tert-OH is 1. The average molecular weight is 406 g/mol. The van der Waals surface area contributed by atoms with Crippen LogP contribution in [0.15, 0.2) is 65.6 Å². The minimum atomic E-state index is -0.476. The standard InChI is InChI=1S/C19H19N3O3.C3H3NO/c1-2-13(9-20)18-8-5-15(10-21-18)14-3-6-16(7-4-14)22-11-17(12-23)25-19(22)24;1-2-4-5-3-1/h3-8,10,13,17,23H,2,11-12H2,1H3;1-3H. The molecule has 154 valence electrons. The second-order valence-corrected chi connectivity index (χ2v) is 6.60. The highest BCUT2D eigenvalue weighted by atomic mass is 16.6. The van der Waals surface area contributed by atoms with Gasteiger partial charge in [-0.1, -0.05) is 30.3 Å². The van der Waals surface area contributed by atoms with Crippen molar-refractivity contribution >= 4 is 11.8 Å². The first-order chi connectivity index (χ1) is 14.7. The molecule has 8 heteroatoms. The second kappa shape index (κ2) is 10.2. The largest absolute Gasteiger partial charge is 0.441 e. The highest BCUT2D eigenvalue weighted by Gasteiger charge is 2.31. The van der Waals surface area contributed by atoms with Crippen molar-refractivity contribution < 1.29 is 19.2 Å². The molecule has 0 bridgehead atoms. The van der Waals surface area contributed by atoms with Crippen LogP contribution in [-0.4, -0.2) is 40.6 Å². The molecule has 1 saturated heterocycles. The molecule has 0 radical (unpaired) electrons. The van der Waals surface area contributed by atoms with Gasteiger partial charge in [0, 0.05) is 17.4 Å². The van der Waals surface area contributed by atoms with Crippen LogP contribution in [0.4, 0.5) is 10.5 Å². The molecule has 3 heterocycles. The first-order valence-corrected chi connectivity index (χ1v) is 9.55. The molecule has 2 aromatic heterocycles. The van der Waals surface area contributed by atoms with E-state index in [-0.39, 0.29) is 12.5 Å². The van der Waals surface area contributed by atoms with Crippen molar-refractivity contribution in [2.75, 3.05) is 18.1 Å². The van der Waals surface area contributed by atoms with Gasteiger partial charge in [0.15, 0.2) is 0 Å². The van der Waals surface area contributed by atoms with Gasteiger partial charge in [0.1, 0.15) is 12.4 Å². The molecule has 0 saturated carbocycles. The summed E-state index contributed by atoms with van der Waals surface area (Å²) in [6.07, 6.45) is 4.67. The number of hydrogen-bond donors (Lipinski definition) is 1. The molecule has 30 heavy (non-hydrogen) atoms. The number of rotatable bonds is 5. The van der Waals surface area contributed by atoms with E-state index >= 15 is 0 Å². The number of nitriles is 1. The van der Waals surface area contributed by atoms with Crippen LogP contribution in [0.2, 0.25) is 0 Å². The molecule has 1 amide bonds. The van der Waals surface area contributed by atoms with Crippen molar-refractivity contribution in [2.24, 2.45) is 0 Å². The molecule has 1 N–H and O–H groups in total. The predicted molar refractivity (Wildman–Crippen MR) is 110 cm³/mol. The minimum absolute atomic E-state index is 0.181. The fourth-order valence-corrected chi connectivity index (χ4v) is 2.99. The molecule has 0 aliphatic carbocycles. The predicted octanol–water partition coefficient (Wildman–Crippen LogP) is 3.76. The Morgan fingerprint density at radius 2 is 2.03 bits per heavy atom. The van der Waals surface area contributed by atoms with Gasteiger partial charge < -0.3 is 14.4 Å². The van der Waals surface area contributed by atoms with Gasteiger partial charge in [-0.25, -0.2) is 4.79 Å². The van der Waals surface area contributed by atoms with Crippen LogP contribution in [0.5, 0.6) is 0 Å². The number of cyclic esters (lactones) is 1. The summed E-state index contributed by atoms with van der Waals surface area (Å²) in [6.45, 7) is 2.13. The zero-order valence-electron chi connectivity index (χ0n) is 16.5. The highest BCUT2D eigenvalue weighted by molar-refractivity contribution is 5.90. The molecule has 2 unspecified atom stereocenters. The monoisotopic (exact) mass is 406 g/mol. The number of nitrogens with zero attached hydrogens (tertiary/aromatic N) is 4. The van der Waals surface area contributed by atoms with Crippen molar-refractivity contribution in [3.8, 4) is 17.2 Å². The minimum Gasteiger partial charge on any atom is -0.441 e. The summed E-state index contributed by atoms with van der Waals surface area (Å²) in [5.41, 5.74) is 3.42. The molecule has 3 aromatic rings. The van der Waals surface area contributed by atoms with E-state index in [0.717, 1.165) is 28.9 Å². The summed E-state index contributed by atoms with van der Waals surface area (Å²) in [4.78, 5) is 17.7. The van der Waals surface area contributed by atoms with Crippen LogP contribution >= 0.6 is 0 Å². The van der Waals surface area contributed by atoms with Gasteiger partial charge in [0.2, 0.25) is 0 Å². The SMILES string of the molecule is CCC(C#N)c1ccc(-c2ccc(N3CC(CO)OC3=O)cc2)cn1.c1cnoc1. The number of aliphatic hydroxyl groups is 1. The molecule has 4 rings (SSSR count). The Morgan fingerprint density at radius 3 is 2.50 bits per heavy atom. The fraction of sp³-hybridized carbons (Fsp3) is 0.273. The van der Waals surface area contributed by atoms with Gasteiger partial charge in [-0.05, 0) is 36.2 Å². The van der Waals surface area contributed by atoms with E-state index < -0.39 is 12.2 Å². The molecule has 0 spiro atoms. The smallest absolute Gasteiger partial charge is 0.414 e. The third-order valence-electron chi connectivity index (χ3n) is 4.64. The third-order valence-corrected chi connectivity index (χ3v) is 4.64. The second-order valence-electron chi connectivity index (χ2n) is 6.60. The molecule has 1 aliphatic rings. The zero-order chi connectivity index (χ0) is 21.3. The lowest BCUT2D eigenvalue weighted by Gasteiger charge is -2.13. The van der Waals surface area contributed by atoms with Gasteiger partial charge >= 0.3 is 6.09 Å². The molecule has 8 nitrogen and oxygen atoms in total. The fourth-order valence-electron chi connectivity index (χ4n) is 2.99. The molecular weight excluding hydrogens is 384 g/mol. The van der Waals surface area contributed by atoms with Crippen LogP contribution in [0.3, 0.4) is 0 Å². The molecular formula is C22H22N4O4. The average Bonchev–Trinajstić information content (AvgIpc) is 3.49. The highest BCUT2D eigenvalue weighted by Crippen LogP contribution is 2.26. The lowest BCUT2D eigenvalue weighted by molar-refractivity contribution is 0.0963. The van der Waals surface area contributed by atoms with E-state index in [2.05, 4.69) is 20.7 Å². The van der Waals surface area contributed by atoms with E-state index in [0.29, 0.717) is 6.54 Å². The Morgan fingerprint density at radius 1 is 1.27 bits per heavy atom. The van der Waals surface area contributed by atoms with E-state index in [1.807, 2.05) is 43.3 Å². The number of carbonyl (C=O) groups is 1. The van der Waals surface area contributed by atoms with Gasteiger partial charge in [0.25, 0.3) is 0 Å². The van der Waals surface area contributed by atoms with Crippen molar-refractivity contribution in [3.63, 3.8) is 0 Å². The maximum absolute atomic E-state index is 11.8. The summed E-state index contributed by atoms with van der Waals surface area (Å²) in [6, 6.07) is 15.3. The van der Waals surface area contributed by atoms with Crippen molar-refractivity contribution in [1.29, 1.82) is 5.26 Å². The van der Waals surface area contributed by atoms with Crippen molar-refractivity contribution in [1.82, 2.24) is 10.1 Å². The first-order valence-electron chi connectivity index (χ1n) is 9.55. The van der Waals surface area contributed by atoms with E-state index in [9.17, 15) is 4.79 Å². The summed E-state index contributed by atoms with van der Waals surface area (Å²) in [5.74, 6) is -0.183. The number of pyridine rings is 1. The summed E-state index contributed by atoms with van der Waals surface area (Å²) < 4.78 is 9.38. The third kappa shape index (κ3) is 5.01. The lowest BCUT2D eigenvalue weighted by atomic mass is 10.0. The normalized spacial score (nSPS) is 16.2. The molecule has 2 atom stereocenters. The number of ether oxygens (including phenoxy) is 1. The Kier molecular flexibility index (Phi) is 7.14. The maximum atomic E-state index is 11.8. The number of aromatic nitrogens is 2. The topological polar surface area (TPSA) is 112 Å². The molecule has 1 fully saturated rings. The van der Waals surface area contributed by atoms with E-state index in [1.54, 1.807) is 18.5 Å². The van der Waals surface area contributed by atoms with Crippen LogP contribution in [-0.2, 0) is 4.74 Å². The maximum Gasteiger partial charge on any atom is 0.414 e. The lowest BCUT2D eigenvalue weighted by Crippen LogP contribution is -2.25. The first kappa shape index (κ1) is 21.0. The Balaban J connectivity index is 0.000000448. The Hall–Kier alpha value is -3.70. The summed E-state index contributed by atoms with van der Waals surface area (Å²) in [7, 11) is 0. The van der Waals surface area contributed by atoms with Crippen LogP contribution in [0.1, 0.15) is 25.0 Å². The van der Waals surface area contributed by atoms with Gasteiger partial charge in [0.05, 0.1) is 37.0 Å².